The molecule has 0 radical (unpaired) electrons. The van der Waals surface area contributed by atoms with Crippen LogP contribution in [0.5, 0.6) is 0 Å². The molecular formula is C14H17N5O2S2. The molecule has 0 bridgehead atoms. The minimum Gasteiger partial charge on any atom is -0.360 e. The Labute approximate surface area is 142 Å². The number of carbonyl (C=O) groups excluding carboxylic acids is 2. The van der Waals surface area contributed by atoms with Crippen molar-refractivity contribution in [2.75, 3.05) is 11.9 Å². The Morgan fingerprint density at radius 2 is 2.04 bits per heavy atom. The van der Waals surface area contributed by atoms with E-state index in [2.05, 4.69) is 27.6 Å². The monoisotopic (exact) mass is 351 g/mol. The van der Waals surface area contributed by atoms with Gasteiger partial charge in [0.25, 0.3) is 0 Å². The van der Waals surface area contributed by atoms with E-state index in [4.69, 9.17) is 5.73 Å². The lowest BCUT2D eigenvalue weighted by molar-refractivity contribution is -0.119. The summed E-state index contributed by atoms with van der Waals surface area (Å²) in [7, 11) is 0. The number of nitrogens with zero attached hydrogens (tertiary/aromatic N) is 2. The molecule has 2 aromatic rings. The highest BCUT2D eigenvalue weighted by atomic mass is 32.2. The first-order valence-corrected chi connectivity index (χ1v) is 8.62. The number of hydrogen-bond acceptors (Lipinski definition) is 7. The van der Waals surface area contributed by atoms with Gasteiger partial charge in [-0.15, -0.1) is 10.2 Å². The van der Waals surface area contributed by atoms with Crippen LogP contribution in [0.3, 0.4) is 0 Å². The van der Waals surface area contributed by atoms with E-state index in [1.807, 2.05) is 23.5 Å². The maximum Gasteiger partial charge on any atom is 0.318 e. The highest BCUT2D eigenvalue weighted by Gasteiger charge is 2.18. The van der Waals surface area contributed by atoms with Gasteiger partial charge in [-0.1, -0.05) is 53.4 Å². The van der Waals surface area contributed by atoms with E-state index >= 15 is 0 Å². The van der Waals surface area contributed by atoms with Gasteiger partial charge in [0, 0.05) is 6.54 Å². The van der Waals surface area contributed by atoms with Gasteiger partial charge in [0.1, 0.15) is 0 Å². The number of carbonyl (C=O) groups is 2. The molecular weight excluding hydrogens is 334 g/mol. The molecule has 0 saturated heterocycles. The van der Waals surface area contributed by atoms with E-state index < -0.39 is 17.2 Å². The molecule has 0 saturated carbocycles. The number of rotatable bonds is 7. The average Bonchev–Trinajstić information content (AvgIpc) is 2.95. The van der Waals surface area contributed by atoms with Gasteiger partial charge in [0.15, 0.2) is 4.34 Å². The fraction of sp³-hybridized carbons (Fsp3) is 0.286. The lowest BCUT2D eigenvalue weighted by Crippen LogP contribution is -2.39. The van der Waals surface area contributed by atoms with Crippen LogP contribution < -0.4 is 16.4 Å². The quantitative estimate of drug-likeness (QED) is 0.657. The summed E-state index contributed by atoms with van der Waals surface area (Å²) in [5.41, 5.74) is 6.16. The van der Waals surface area contributed by atoms with Crippen LogP contribution in [-0.2, 0) is 11.2 Å². The Morgan fingerprint density at radius 3 is 2.74 bits per heavy atom. The third-order valence-corrected chi connectivity index (χ3v) is 4.90. The van der Waals surface area contributed by atoms with Crippen molar-refractivity contribution in [2.24, 2.45) is 5.73 Å². The van der Waals surface area contributed by atoms with Crippen LogP contribution in [0.1, 0.15) is 12.5 Å². The zero-order valence-corrected chi connectivity index (χ0v) is 14.1. The van der Waals surface area contributed by atoms with Crippen LogP contribution in [0.25, 0.3) is 0 Å². The Morgan fingerprint density at radius 1 is 1.30 bits per heavy atom. The molecule has 1 atom stereocenters. The second kappa shape index (κ2) is 8.49. The minimum absolute atomic E-state index is 0.448. The number of benzene rings is 1. The van der Waals surface area contributed by atoms with Gasteiger partial charge < -0.3 is 11.1 Å². The summed E-state index contributed by atoms with van der Waals surface area (Å²) in [5.74, 6) is -0.448. The molecule has 0 aliphatic carbocycles. The van der Waals surface area contributed by atoms with E-state index in [1.165, 1.54) is 28.7 Å². The van der Waals surface area contributed by atoms with Crippen LogP contribution in [-0.4, -0.2) is 33.9 Å². The summed E-state index contributed by atoms with van der Waals surface area (Å²) in [6, 6.07) is 9.29. The van der Waals surface area contributed by atoms with Gasteiger partial charge in [0.2, 0.25) is 11.0 Å². The lowest BCUT2D eigenvalue weighted by atomic mass is 10.2. The molecule has 0 aliphatic rings. The second-order valence-electron chi connectivity index (χ2n) is 4.65. The van der Waals surface area contributed by atoms with Gasteiger partial charge in [0.05, 0.1) is 5.25 Å². The van der Waals surface area contributed by atoms with Gasteiger partial charge in [-0.3, -0.25) is 10.1 Å². The van der Waals surface area contributed by atoms with Crippen LogP contribution in [0.15, 0.2) is 34.7 Å². The number of nitrogens with one attached hydrogen (secondary N) is 2. The van der Waals surface area contributed by atoms with Crippen molar-refractivity contribution in [1.82, 2.24) is 15.5 Å². The average molecular weight is 351 g/mol. The maximum atomic E-state index is 11.6. The molecule has 2 rings (SSSR count). The molecule has 122 valence electrons. The first-order valence-electron chi connectivity index (χ1n) is 6.93. The third-order valence-electron chi connectivity index (χ3n) is 2.83. The van der Waals surface area contributed by atoms with Crippen LogP contribution in [0.4, 0.5) is 9.93 Å². The Balaban J connectivity index is 1.79. The van der Waals surface area contributed by atoms with E-state index in [9.17, 15) is 9.59 Å². The summed E-state index contributed by atoms with van der Waals surface area (Å²) >= 11 is 2.60. The molecule has 0 fully saturated rings. The predicted molar refractivity (Wildman–Crippen MR) is 91.6 cm³/mol. The summed E-state index contributed by atoms with van der Waals surface area (Å²) in [4.78, 5) is 22.3. The number of anilines is 1. The topological polar surface area (TPSA) is 110 Å². The van der Waals surface area contributed by atoms with Crippen molar-refractivity contribution in [2.45, 2.75) is 22.9 Å². The molecule has 1 unspecified atom stereocenters. The first kappa shape index (κ1) is 17.2. The summed E-state index contributed by atoms with van der Waals surface area (Å²) in [6.07, 6.45) is 0.889. The Hall–Kier alpha value is -2.13. The van der Waals surface area contributed by atoms with Gasteiger partial charge in [-0.05, 0) is 18.9 Å². The van der Waals surface area contributed by atoms with Crippen molar-refractivity contribution < 1.29 is 9.59 Å². The smallest absolute Gasteiger partial charge is 0.318 e. The number of urea groups is 1. The van der Waals surface area contributed by atoms with Gasteiger partial charge >= 0.3 is 6.03 Å². The van der Waals surface area contributed by atoms with Gasteiger partial charge in [-0.2, -0.15) is 0 Å². The third kappa shape index (κ3) is 5.87. The highest BCUT2D eigenvalue weighted by Crippen LogP contribution is 2.28. The minimum atomic E-state index is -0.858. The standard InChI is InChI=1S/C14H17N5O2S2/c1-9(11(20)17-12(15)21)22-14-19-18-13(23-14)16-8-7-10-5-3-2-4-6-10/h2-6,9H,7-8H2,1H3,(H,16,18)(H3,15,17,20,21). The molecule has 0 aliphatic heterocycles. The van der Waals surface area contributed by atoms with Crippen LogP contribution in [0.2, 0.25) is 0 Å². The van der Waals surface area contributed by atoms with Crippen LogP contribution >= 0.6 is 23.1 Å². The van der Waals surface area contributed by atoms with Crippen molar-refractivity contribution >= 4 is 40.2 Å². The predicted octanol–water partition coefficient (Wildman–Crippen LogP) is 1.87. The SMILES string of the molecule is CC(Sc1nnc(NCCc2ccccc2)s1)C(=O)NC(N)=O. The number of nitrogens with two attached hydrogens (primary N) is 1. The number of aromatic nitrogens is 2. The summed E-state index contributed by atoms with van der Waals surface area (Å²) in [6.45, 7) is 2.42. The zero-order valence-electron chi connectivity index (χ0n) is 12.5. The molecule has 7 nitrogen and oxygen atoms in total. The molecule has 1 aromatic heterocycles. The largest absolute Gasteiger partial charge is 0.360 e. The number of hydrogen-bond donors (Lipinski definition) is 3. The number of amides is 3. The Kier molecular flexibility index (Phi) is 6.36. The lowest BCUT2D eigenvalue weighted by Gasteiger charge is -2.06. The van der Waals surface area contributed by atoms with Crippen molar-refractivity contribution in [3.8, 4) is 0 Å². The molecule has 23 heavy (non-hydrogen) atoms. The fourth-order valence-corrected chi connectivity index (χ4v) is 3.64. The normalized spacial score (nSPS) is 11.7. The molecule has 1 aromatic carbocycles. The van der Waals surface area contributed by atoms with E-state index in [-0.39, 0.29) is 0 Å². The first-order chi connectivity index (χ1) is 11.0. The molecule has 1 heterocycles. The fourth-order valence-electron chi connectivity index (χ4n) is 1.72. The summed E-state index contributed by atoms with van der Waals surface area (Å²) < 4.78 is 0.652. The Bertz CT molecular complexity index is 662. The molecule has 0 spiro atoms. The number of primary amides is 1. The number of thioether (sulfide) groups is 1. The molecule has 3 amide bonds. The van der Waals surface area contributed by atoms with E-state index in [1.54, 1.807) is 6.92 Å². The second-order valence-corrected chi connectivity index (χ2v) is 7.21. The van der Waals surface area contributed by atoms with Gasteiger partial charge in [-0.25, -0.2) is 4.79 Å². The number of imide groups is 1. The van der Waals surface area contributed by atoms with Crippen molar-refractivity contribution in [3.05, 3.63) is 35.9 Å². The molecule has 9 heteroatoms. The van der Waals surface area contributed by atoms with Crippen molar-refractivity contribution in [1.29, 1.82) is 0 Å². The van der Waals surface area contributed by atoms with Crippen LogP contribution in [0, 0.1) is 0 Å². The van der Waals surface area contributed by atoms with E-state index in [0.29, 0.717) is 9.47 Å². The zero-order chi connectivity index (χ0) is 16.7. The summed E-state index contributed by atoms with van der Waals surface area (Å²) in [5, 5.41) is 13.5. The highest BCUT2D eigenvalue weighted by molar-refractivity contribution is 8.02. The maximum absolute atomic E-state index is 11.6. The molecule has 4 N–H and O–H groups in total. The van der Waals surface area contributed by atoms with E-state index in [0.717, 1.165) is 13.0 Å². The van der Waals surface area contributed by atoms with Crippen molar-refractivity contribution in [3.63, 3.8) is 0 Å².